The summed E-state index contributed by atoms with van der Waals surface area (Å²) in [7, 11) is 0. The molecule has 0 atom stereocenters. The number of carbonyl (C=O) groups is 1. The molecule has 19 heavy (non-hydrogen) atoms. The van der Waals surface area contributed by atoms with Gasteiger partial charge in [-0.2, -0.15) is 0 Å². The van der Waals surface area contributed by atoms with E-state index in [0.29, 0.717) is 5.75 Å². The van der Waals surface area contributed by atoms with Crippen molar-refractivity contribution in [2.75, 3.05) is 19.8 Å². The standard InChI is InChI=1S/C13H14F2O4/c14-12(15)9-18-7-8-19-11-4-1-10(2-5-11)3-6-13(16)17/h1-6,12H,7-9H2,(H,16,17)/b6-3+. The van der Waals surface area contributed by atoms with Crippen molar-refractivity contribution in [3.05, 3.63) is 35.9 Å². The van der Waals surface area contributed by atoms with E-state index in [1.54, 1.807) is 24.3 Å². The summed E-state index contributed by atoms with van der Waals surface area (Å²) in [6, 6.07) is 6.70. The highest BCUT2D eigenvalue weighted by atomic mass is 19.3. The Kier molecular flexibility index (Phi) is 6.52. The van der Waals surface area contributed by atoms with Gasteiger partial charge < -0.3 is 14.6 Å². The average molecular weight is 272 g/mol. The number of hydrogen-bond donors (Lipinski definition) is 1. The minimum absolute atomic E-state index is 0.0883. The van der Waals surface area contributed by atoms with Crippen LogP contribution in [-0.4, -0.2) is 37.3 Å². The molecule has 0 aliphatic rings. The summed E-state index contributed by atoms with van der Waals surface area (Å²) in [5, 5.41) is 8.46. The molecule has 4 nitrogen and oxygen atoms in total. The number of halogens is 2. The number of carboxylic acids is 1. The van der Waals surface area contributed by atoms with Gasteiger partial charge in [-0.15, -0.1) is 0 Å². The van der Waals surface area contributed by atoms with Crippen LogP contribution in [0.15, 0.2) is 30.3 Å². The van der Waals surface area contributed by atoms with E-state index < -0.39 is 19.0 Å². The molecular formula is C13H14F2O4. The van der Waals surface area contributed by atoms with E-state index in [9.17, 15) is 13.6 Å². The first-order chi connectivity index (χ1) is 9.08. The summed E-state index contributed by atoms with van der Waals surface area (Å²) in [6.45, 7) is -0.329. The first-order valence-electron chi connectivity index (χ1n) is 5.57. The number of benzene rings is 1. The summed E-state index contributed by atoms with van der Waals surface area (Å²) >= 11 is 0. The van der Waals surface area contributed by atoms with E-state index in [0.717, 1.165) is 11.6 Å². The van der Waals surface area contributed by atoms with Crippen molar-refractivity contribution >= 4 is 12.0 Å². The second kappa shape index (κ2) is 8.20. The SMILES string of the molecule is O=C(O)/C=C/c1ccc(OCCOCC(F)F)cc1. The molecule has 1 aromatic carbocycles. The third kappa shape index (κ3) is 7.15. The maximum atomic E-state index is 11.7. The van der Waals surface area contributed by atoms with Crippen LogP contribution in [0.3, 0.4) is 0 Å². The van der Waals surface area contributed by atoms with Gasteiger partial charge in [-0.05, 0) is 23.8 Å². The maximum Gasteiger partial charge on any atom is 0.328 e. The minimum Gasteiger partial charge on any atom is -0.491 e. The van der Waals surface area contributed by atoms with Crippen LogP contribution in [0, 0.1) is 0 Å². The van der Waals surface area contributed by atoms with Gasteiger partial charge in [0.1, 0.15) is 19.0 Å². The zero-order valence-corrected chi connectivity index (χ0v) is 10.1. The molecule has 0 fully saturated rings. The lowest BCUT2D eigenvalue weighted by Crippen LogP contribution is -2.11. The van der Waals surface area contributed by atoms with E-state index in [1.807, 2.05) is 0 Å². The number of alkyl halides is 2. The molecule has 0 saturated heterocycles. The summed E-state index contributed by atoms with van der Waals surface area (Å²) in [4.78, 5) is 10.3. The van der Waals surface area contributed by atoms with Crippen LogP contribution in [0.4, 0.5) is 8.78 Å². The van der Waals surface area contributed by atoms with Crippen molar-refractivity contribution in [2.45, 2.75) is 6.43 Å². The Balaban J connectivity index is 2.30. The Morgan fingerprint density at radius 3 is 2.53 bits per heavy atom. The second-order valence-corrected chi connectivity index (χ2v) is 3.56. The predicted octanol–water partition coefficient (Wildman–Crippen LogP) is 2.44. The van der Waals surface area contributed by atoms with Gasteiger partial charge in [-0.1, -0.05) is 12.1 Å². The Bertz CT molecular complexity index is 415. The van der Waals surface area contributed by atoms with E-state index in [4.69, 9.17) is 9.84 Å². The summed E-state index contributed by atoms with van der Waals surface area (Å²) in [5.41, 5.74) is 0.726. The molecule has 0 aliphatic heterocycles. The number of aliphatic carboxylic acids is 1. The largest absolute Gasteiger partial charge is 0.491 e. The zero-order chi connectivity index (χ0) is 14.1. The van der Waals surface area contributed by atoms with Crippen LogP contribution >= 0.6 is 0 Å². The molecule has 0 unspecified atom stereocenters. The van der Waals surface area contributed by atoms with E-state index >= 15 is 0 Å². The molecule has 1 N–H and O–H groups in total. The summed E-state index contributed by atoms with van der Waals surface area (Å²) in [6.07, 6.45) is 0.0200. The van der Waals surface area contributed by atoms with Gasteiger partial charge in [0, 0.05) is 6.08 Å². The van der Waals surface area contributed by atoms with Crippen molar-refractivity contribution in [3.63, 3.8) is 0 Å². The van der Waals surface area contributed by atoms with Crippen LogP contribution in [0.25, 0.3) is 6.08 Å². The van der Waals surface area contributed by atoms with Gasteiger partial charge in [0.25, 0.3) is 6.43 Å². The van der Waals surface area contributed by atoms with Gasteiger partial charge in [-0.3, -0.25) is 0 Å². The van der Waals surface area contributed by atoms with Crippen LogP contribution in [-0.2, 0) is 9.53 Å². The normalized spacial score (nSPS) is 11.1. The smallest absolute Gasteiger partial charge is 0.328 e. The third-order valence-corrected chi connectivity index (χ3v) is 2.04. The summed E-state index contributed by atoms with van der Waals surface area (Å²) in [5.74, 6) is -0.454. The Labute approximate surface area is 109 Å². The molecule has 6 heteroatoms. The highest BCUT2D eigenvalue weighted by molar-refractivity contribution is 5.85. The fraction of sp³-hybridized carbons (Fsp3) is 0.308. The second-order valence-electron chi connectivity index (χ2n) is 3.56. The molecule has 0 saturated carbocycles. The van der Waals surface area contributed by atoms with Crippen molar-refractivity contribution in [3.8, 4) is 5.75 Å². The van der Waals surface area contributed by atoms with E-state index in [-0.39, 0.29) is 13.2 Å². The highest BCUT2D eigenvalue weighted by Crippen LogP contribution is 2.13. The Morgan fingerprint density at radius 1 is 1.26 bits per heavy atom. The van der Waals surface area contributed by atoms with E-state index in [2.05, 4.69) is 4.74 Å². The molecule has 0 spiro atoms. The minimum atomic E-state index is -2.47. The topological polar surface area (TPSA) is 55.8 Å². The Hall–Kier alpha value is -1.95. The lowest BCUT2D eigenvalue weighted by molar-refractivity contribution is -0.131. The van der Waals surface area contributed by atoms with Gasteiger partial charge in [0.15, 0.2) is 0 Å². The quantitative estimate of drug-likeness (QED) is 0.583. The molecular weight excluding hydrogens is 258 g/mol. The Morgan fingerprint density at radius 2 is 1.95 bits per heavy atom. The number of ether oxygens (including phenoxy) is 2. The monoisotopic (exact) mass is 272 g/mol. The fourth-order valence-electron chi connectivity index (χ4n) is 1.23. The lowest BCUT2D eigenvalue weighted by Gasteiger charge is -2.07. The summed E-state index contributed by atoms with van der Waals surface area (Å²) < 4.78 is 33.4. The molecule has 0 bridgehead atoms. The molecule has 0 radical (unpaired) electrons. The first-order valence-corrected chi connectivity index (χ1v) is 5.57. The van der Waals surface area contributed by atoms with Crippen molar-refractivity contribution in [2.24, 2.45) is 0 Å². The van der Waals surface area contributed by atoms with Crippen LogP contribution in [0.5, 0.6) is 5.75 Å². The first kappa shape index (κ1) is 15.1. The molecule has 1 rings (SSSR count). The number of carboxylic acid groups (broad SMARTS) is 1. The molecule has 0 heterocycles. The van der Waals surface area contributed by atoms with Gasteiger partial charge in [0.2, 0.25) is 0 Å². The number of hydrogen-bond acceptors (Lipinski definition) is 3. The fourth-order valence-corrected chi connectivity index (χ4v) is 1.23. The molecule has 0 aliphatic carbocycles. The van der Waals surface area contributed by atoms with E-state index in [1.165, 1.54) is 6.08 Å². The van der Waals surface area contributed by atoms with Crippen LogP contribution in [0.2, 0.25) is 0 Å². The van der Waals surface area contributed by atoms with Crippen molar-refractivity contribution in [1.29, 1.82) is 0 Å². The van der Waals surface area contributed by atoms with Crippen LogP contribution < -0.4 is 4.74 Å². The number of rotatable bonds is 8. The zero-order valence-electron chi connectivity index (χ0n) is 10.1. The highest BCUT2D eigenvalue weighted by Gasteiger charge is 2.01. The van der Waals surface area contributed by atoms with Gasteiger partial charge in [0.05, 0.1) is 6.61 Å². The third-order valence-electron chi connectivity index (χ3n) is 2.04. The molecule has 104 valence electrons. The molecule has 0 amide bonds. The van der Waals surface area contributed by atoms with Crippen molar-refractivity contribution in [1.82, 2.24) is 0 Å². The predicted molar refractivity (Wildman–Crippen MR) is 65.4 cm³/mol. The van der Waals surface area contributed by atoms with Crippen molar-refractivity contribution < 1.29 is 28.2 Å². The molecule has 0 aromatic heterocycles. The van der Waals surface area contributed by atoms with Crippen LogP contribution in [0.1, 0.15) is 5.56 Å². The molecule has 1 aromatic rings. The lowest BCUT2D eigenvalue weighted by atomic mass is 10.2. The average Bonchev–Trinajstić information content (AvgIpc) is 2.37. The maximum absolute atomic E-state index is 11.7. The van der Waals surface area contributed by atoms with Gasteiger partial charge in [-0.25, -0.2) is 13.6 Å². The van der Waals surface area contributed by atoms with Gasteiger partial charge >= 0.3 is 5.97 Å².